The van der Waals surface area contributed by atoms with E-state index in [0.29, 0.717) is 0 Å². The van der Waals surface area contributed by atoms with E-state index in [2.05, 4.69) is 41.9 Å². The van der Waals surface area contributed by atoms with Crippen molar-refractivity contribution < 1.29 is 4.74 Å². The third kappa shape index (κ3) is 6.38. The maximum atomic E-state index is 6.22. The van der Waals surface area contributed by atoms with E-state index in [9.17, 15) is 0 Å². The minimum Gasteiger partial charge on any atom is -0.372 e. The Morgan fingerprint density at radius 1 is 1.15 bits per heavy atom. The van der Waals surface area contributed by atoms with Crippen molar-refractivity contribution in [1.82, 2.24) is 0 Å². The van der Waals surface area contributed by atoms with Crippen LogP contribution in [0.15, 0.2) is 28.7 Å². The van der Waals surface area contributed by atoms with Crippen LogP contribution < -0.4 is 5.73 Å². The van der Waals surface area contributed by atoms with Crippen molar-refractivity contribution in [2.75, 3.05) is 6.61 Å². The van der Waals surface area contributed by atoms with Gasteiger partial charge in [0.15, 0.2) is 0 Å². The molecule has 0 aliphatic heterocycles. The lowest BCUT2D eigenvalue weighted by molar-refractivity contribution is 0.0310. The first kappa shape index (κ1) is 17.7. The highest BCUT2D eigenvalue weighted by Gasteiger charge is 2.19. The lowest BCUT2D eigenvalue weighted by Gasteiger charge is -2.24. The highest BCUT2D eigenvalue weighted by Crippen LogP contribution is 2.25. The predicted octanol–water partition coefficient (Wildman–Crippen LogP) is 5.21. The van der Waals surface area contributed by atoms with Crippen LogP contribution in [0.5, 0.6) is 0 Å². The number of ether oxygens (including phenoxy) is 1. The Bertz CT molecular complexity index is 370. The topological polar surface area (TPSA) is 35.2 Å². The number of unbranched alkanes of at least 4 members (excludes halogenated alkanes) is 4. The van der Waals surface area contributed by atoms with Gasteiger partial charge in [0.05, 0.1) is 6.10 Å². The monoisotopic (exact) mass is 341 g/mol. The van der Waals surface area contributed by atoms with Gasteiger partial charge in [-0.1, -0.05) is 67.6 Å². The Hall–Kier alpha value is -0.380. The molecule has 0 radical (unpaired) electrons. The lowest BCUT2D eigenvalue weighted by atomic mass is 10.0. The summed E-state index contributed by atoms with van der Waals surface area (Å²) in [4.78, 5) is 0. The van der Waals surface area contributed by atoms with Gasteiger partial charge in [-0.25, -0.2) is 0 Å². The van der Waals surface area contributed by atoms with Crippen LogP contribution >= 0.6 is 15.9 Å². The SMILES string of the molecule is CCCCCCCOC(c1cccc(Br)c1)C(N)CC. The molecule has 0 heterocycles. The Balaban J connectivity index is 2.49. The summed E-state index contributed by atoms with van der Waals surface area (Å²) in [6, 6.07) is 8.33. The molecule has 0 aromatic heterocycles. The van der Waals surface area contributed by atoms with Gasteiger partial charge in [-0.2, -0.15) is 0 Å². The number of hydrogen-bond donors (Lipinski definition) is 1. The van der Waals surface area contributed by atoms with Crippen LogP contribution in [-0.2, 0) is 4.74 Å². The summed E-state index contributed by atoms with van der Waals surface area (Å²) in [5.41, 5.74) is 7.39. The van der Waals surface area contributed by atoms with E-state index in [1.54, 1.807) is 0 Å². The average molecular weight is 342 g/mol. The summed E-state index contributed by atoms with van der Waals surface area (Å²) in [6.45, 7) is 5.15. The van der Waals surface area contributed by atoms with Crippen LogP contribution in [-0.4, -0.2) is 12.6 Å². The molecule has 3 heteroatoms. The van der Waals surface area contributed by atoms with Crippen molar-refractivity contribution in [2.45, 2.75) is 64.5 Å². The molecule has 0 bridgehead atoms. The molecule has 1 rings (SSSR count). The highest BCUT2D eigenvalue weighted by molar-refractivity contribution is 9.10. The van der Waals surface area contributed by atoms with Crippen LogP contribution in [0.2, 0.25) is 0 Å². The van der Waals surface area contributed by atoms with Gasteiger partial charge >= 0.3 is 0 Å². The molecule has 2 atom stereocenters. The molecule has 2 nitrogen and oxygen atoms in total. The van der Waals surface area contributed by atoms with E-state index in [0.717, 1.165) is 23.9 Å². The van der Waals surface area contributed by atoms with Crippen LogP contribution in [0, 0.1) is 0 Å². The van der Waals surface area contributed by atoms with Crippen molar-refractivity contribution in [1.29, 1.82) is 0 Å². The normalized spacial score (nSPS) is 14.2. The maximum Gasteiger partial charge on any atom is 0.0975 e. The van der Waals surface area contributed by atoms with Crippen molar-refractivity contribution in [3.05, 3.63) is 34.3 Å². The largest absolute Gasteiger partial charge is 0.372 e. The summed E-state index contributed by atoms with van der Waals surface area (Å²) in [5, 5.41) is 0. The first-order chi connectivity index (χ1) is 9.69. The molecule has 0 spiro atoms. The van der Waals surface area contributed by atoms with Crippen LogP contribution in [0.25, 0.3) is 0 Å². The quantitative estimate of drug-likeness (QED) is 0.592. The van der Waals surface area contributed by atoms with Gasteiger partial charge in [0.1, 0.15) is 0 Å². The number of hydrogen-bond acceptors (Lipinski definition) is 2. The van der Waals surface area contributed by atoms with Gasteiger partial charge < -0.3 is 10.5 Å². The van der Waals surface area contributed by atoms with Crippen molar-refractivity contribution in [2.24, 2.45) is 5.73 Å². The lowest BCUT2D eigenvalue weighted by Crippen LogP contribution is -2.29. The fraction of sp³-hybridized carbons (Fsp3) is 0.647. The number of nitrogens with two attached hydrogens (primary N) is 1. The molecule has 0 saturated heterocycles. The first-order valence-corrected chi connectivity index (χ1v) is 8.61. The van der Waals surface area contributed by atoms with Gasteiger partial charge in [0, 0.05) is 17.1 Å². The Kier molecular flexibility index (Phi) is 9.16. The Morgan fingerprint density at radius 3 is 2.55 bits per heavy atom. The minimum absolute atomic E-state index is 0.00340. The van der Waals surface area contributed by atoms with Crippen molar-refractivity contribution >= 4 is 15.9 Å². The van der Waals surface area contributed by atoms with Crippen LogP contribution in [0.4, 0.5) is 0 Å². The van der Waals surface area contributed by atoms with E-state index in [1.807, 2.05) is 12.1 Å². The molecule has 0 amide bonds. The molecule has 0 fully saturated rings. The van der Waals surface area contributed by atoms with E-state index in [4.69, 9.17) is 10.5 Å². The molecular formula is C17H28BrNO. The maximum absolute atomic E-state index is 6.22. The Morgan fingerprint density at radius 2 is 1.90 bits per heavy atom. The van der Waals surface area contributed by atoms with E-state index in [1.165, 1.54) is 31.2 Å². The third-order valence-corrected chi connectivity index (χ3v) is 4.08. The summed E-state index contributed by atoms with van der Waals surface area (Å²) in [6.07, 6.45) is 7.21. The van der Waals surface area contributed by atoms with Gasteiger partial charge in [0.2, 0.25) is 0 Å². The van der Waals surface area contributed by atoms with E-state index < -0.39 is 0 Å². The molecule has 0 aliphatic carbocycles. The number of rotatable bonds is 10. The molecule has 2 unspecified atom stereocenters. The zero-order chi connectivity index (χ0) is 14.8. The predicted molar refractivity (Wildman–Crippen MR) is 89.9 cm³/mol. The fourth-order valence-electron chi connectivity index (χ4n) is 2.28. The average Bonchev–Trinajstić information content (AvgIpc) is 2.46. The van der Waals surface area contributed by atoms with Crippen LogP contribution in [0.1, 0.15) is 64.0 Å². The molecule has 114 valence electrons. The summed E-state index contributed by atoms with van der Waals surface area (Å²) >= 11 is 3.52. The third-order valence-electron chi connectivity index (χ3n) is 3.58. The second-order valence-electron chi connectivity index (χ2n) is 5.33. The molecule has 1 aromatic rings. The minimum atomic E-state index is 0.00340. The number of halogens is 1. The molecule has 0 aliphatic rings. The molecule has 20 heavy (non-hydrogen) atoms. The molecular weight excluding hydrogens is 314 g/mol. The standard InChI is InChI=1S/C17H28BrNO/c1-3-5-6-7-8-12-20-17(16(19)4-2)14-10-9-11-15(18)13-14/h9-11,13,16-17H,3-8,12,19H2,1-2H3. The molecule has 2 N–H and O–H groups in total. The Labute approximate surface area is 132 Å². The zero-order valence-corrected chi connectivity index (χ0v) is 14.4. The summed E-state index contributed by atoms with van der Waals surface area (Å²) in [5.74, 6) is 0. The van der Waals surface area contributed by atoms with Crippen LogP contribution in [0.3, 0.4) is 0 Å². The van der Waals surface area contributed by atoms with Gasteiger partial charge in [-0.15, -0.1) is 0 Å². The molecule has 0 saturated carbocycles. The highest BCUT2D eigenvalue weighted by atomic mass is 79.9. The summed E-state index contributed by atoms with van der Waals surface area (Å²) in [7, 11) is 0. The summed E-state index contributed by atoms with van der Waals surface area (Å²) < 4.78 is 7.15. The first-order valence-electron chi connectivity index (χ1n) is 7.81. The fourth-order valence-corrected chi connectivity index (χ4v) is 2.70. The molecule has 1 aromatic carbocycles. The van der Waals surface area contributed by atoms with Gasteiger partial charge in [-0.05, 0) is 30.5 Å². The second-order valence-corrected chi connectivity index (χ2v) is 6.25. The van der Waals surface area contributed by atoms with E-state index >= 15 is 0 Å². The van der Waals surface area contributed by atoms with Crippen molar-refractivity contribution in [3.63, 3.8) is 0 Å². The number of benzene rings is 1. The smallest absolute Gasteiger partial charge is 0.0975 e. The van der Waals surface area contributed by atoms with Gasteiger partial charge in [-0.3, -0.25) is 0 Å². The van der Waals surface area contributed by atoms with Crippen molar-refractivity contribution in [3.8, 4) is 0 Å². The van der Waals surface area contributed by atoms with Gasteiger partial charge in [0.25, 0.3) is 0 Å². The van der Waals surface area contributed by atoms with E-state index in [-0.39, 0.29) is 12.1 Å². The second kappa shape index (κ2) is 10.4. The zero-order valence-electron chi connectivity index (χ0n) is 12.8.